The number of hydrogen-bond acceptors (Lipinski definition) is 4. The average Bonchev–Trinajstić information content (AvgIpc) is 2.69. The maximum Gasteiger partial charge on any atom is 0.193 e. The van der Waals surface area contributed by atoms with Crippen molar-refractivity contribution in [3.05, 3.63) is 53.7 Å². The molecule has 0 spiro atoms. The van der Waals surface area contributed by atoms with Crippen molar-refractivity contribution in [2.75, 3.05) is 51.3 Å². The number of halogens is 2. The molecule has 2 aromatic rings. The molecule has 1 aliphatic rings. The fourth-order valence-corrected chi connectivity index (χ4v) is 3.09. The van der Waals surface area contributed by atoms with Crippen LogP contribution in [0.5, 0.6) is 5.75 Å². The Hall–Kier alpha value is -1.74. The standard InChI is InChI=1S/C19H24ClN5O.HI/c1-21-19(23-9-14-26-17-6-4-5-16(20)15-17)25-12-10-24(11-13-25)18-7-2-3-8-22-18;/h2-8,15H,9-14H2,1H3,(H,21,23);1H. The van der Waals surface area contributed by atoms with Crippen molar-refractivity contribution in [3.63, 3.8) is 0 Å². The molecule has 8 heteroatoms. The van der Waals surface area contributed by atoms with Crippen molar-refractivity contribution < 1.29 is 4.74 Å². The summed E-state index contributed by atoms with van der Waals surface area (Å²) in [5, 5.41) is 4.04. The number of ether oxygens (including phenoxy) is 1. The lowest BCUT2D eigenvalue weighted by atomic mass is 10.3. The lowest BCUT2D eigenvalue weighted by molar-refractivity contribution is 0.315. The van der Waals surface area contributed by atoms with Crippen molar-refractivity contribution in [2.24, 2.45) is 4.99 Å². The van der Waals surface area contributed by atoms with E-state index in [2.05, 4.69) is 31.2 Å². The molecule has 0 atom stereocenters. The van der Waals surface area contributed by atoms with Crippen LogP contribution in [0.25, 0.3) is 0 Å². The van der Waals surface area contributed by atoms with Crippen LogP contribution in [-0.4, -0.2) is 62.2 Å². The lowest BCUT2D eigenvalue weighted by Gasteiger charge is -2.37. The van der Waals surface area contributed by atoms with Gasteiger partial charge in [-0.3, -0.25) is 4.99 Å². The van der Waals surface area contributed by atoms with Gasteiger partial charge in [0.25, 0.3) is 0 Å². The van der Waals surface area contributed by atoms with E-state index in [9.17, 15) is 0 Å². The zero-order valence-electron chi connectivity index (χ0n) is 15.3. The summed E-state index contributed by atoms with van der Waals surface area (Å²) in [6, 6.07) is 13.4. The van der Waals surface area contributed by atoms with E-state index in [1.54, 1.807) is 0 Å². The van der Waals surface area contributed by atoms with E-state index < -0.39 is 0 Å². The van der Waals surface area contributed by atoms with Crippen molar-refractivity contribution in [1.29, 1.82) is 0 Å². The third-order valence-corrected chi connectivity index (χ3v) is 4.45. The first-order chi connectivity index (χ1) is 12.8. The highest BCUT2D eigenvalue weighted by molar-refractivity contribution is 14.0. The van der Waals surface area contributed by atoms with Crippen molar-refractivity contribution in [1.82, 2.24) is 15.2 Å². The molecule has 2 heterocycles. The van der Waals surface area contributed by atoms with E-state index in [0.717, 1.165) is 43.7 Å². The van der Waals surface area contributed by atoms with Gasteiger partial charge in [0.1, 0.15) is 18.2 Å². The zero-order chi connectivity index (χ0) is 18.2. The first-order valence-electron chi connectivity index (χ1n) is 8.76. The van der Waals surface area contributed by atoms with E-state index in [1.165, 1.54) is 0 Å². The molecule has 0 aliphatic carbocycles. The minimum Gasteiger partial charge on any atom is -0.492 e. The minimum atomic E-state index is 0. The molecular weight excluding hydrogens is 477 g/mol. The molecule has 27 heavy (non-hydrogen) atoms. The van der Waals surface area contributed by atoms with Crippen LogP contribution in [-0.2, 0) is 0 Å². The molecule has 1 N–H and O–H groups in total. The topological polar surface area (TPSA) is 53.0 Å². The highest BCUT2D eigenvalue weighted by atomic mass is 127. The quantitative estimate of drug-likeness (QED) is 0.295. The number of aliphatic imine (C=N–C) groups is 1. The Morgan fingerprint density at radius 2 is 2.00 bits per heavy atom. The first kappa shape index (κ1) is 21.6. The Morgan fingerprint density at radius 1 is 1.19 bits per heavy atom. The molecule has 1 aromatic heterocycles. The van der Waals surface area contributed by atoms with Gasteiger partial charge in [0.2, 0.25) is 0 Å². The molecule has 3 rings (SSSR count). The predicted molar refractivity (Wildman–Crippen MR) is 122 cm³/mol. The van der Waals surface area contributed by atoms with Crippen LogP contribution >= 0.6 is 35.6 Å². The minimum absolute atomic E-state index is 0. The van der Waals surface area contributed by atoms with Gasteiger partial charge in [-0.1, -0.05) is 23.7 Å². The molecule has 1 aromatic carbocycles. The van der Waals surface area contributed by atoms with Crippen LogP contribution < -0.4 is 15.0 Å². The van der Waals surface area contributed by atoms with Gasteiger partial charge >= 0.3 is 0 Å². The predicted octanol–water partition coefficient (Wildman–Crippen LogP) is 3.13. The van der Waals surface area contributed by atoms with Crippen molar-refractivity contribution >= 4 is 47.4 Å². The van der Waals surface area contributed by atoms with Crippen LogP contribution in [0.2, 0.25) is 5.02 Å². The second-order valence-electron chi connectivity index (χ2n) is 5.94. The number of hydrogen-bond donors (Lipinski definition) is 1. The number of piperazine rings is 1. The Kier molecular flexibility index (Phi) is 8.93. The van der Waals surface area contributed by atoms with Crippen molar-refractivity contribution in [3.8, 4) is 5.75 Å². The third kappa shape index (κ3) is 6.42. The smallest absolute Gasteiger partial charge is 0.193 e. The first-order valence-corrected chi connectivity index (χ1v) is 9.14. The van der Waals surface area contributed by atoms with Crippen LogP contribution in [0.15, 0.2) is 53.7 Å². The largest absolute Gasteiger partial charge is 0.492 e. The molecule has 0 saturated carbocycles. The second kappa shape index (κ2) is 11.2. The number of benzene rings is 1. The number of guanidine groups is 1. The SMILES string of the molecule is CN=C(NCCOc1cccc(Cl)c1)N1CCN(c2ccccn2)CC1.I. The summed E-state index contributed by atoms with van der Waals surface area (Å²) in [4.78, 5) is 13.4. The molecule has 1 saturated heterocycles. The van der Waals surface area contributed by atoms with Gasteiger partial charge in [0, 0.05) is 44.4 Å². The molecule has 6 nitrogen and oxygen atoms in total. The van der Waals surface area contributed by atoms with Gasteiger partial charge in [-0.05, 0) is 30.3 Å². The number of aromatic nitrogens is 1. The summed E-state index contributed by atoms with van der Waals surface area (Å²) in [6.07, 6.45) is 1.84. The Balaban J connectivity index is 0.00000261. The van der Waals surface area contributed by atoms with Gasteiger partial charge in [0.15, 0.2) is 5.96 Å². The molecular formula is C19H25ClIN5O. The van der Waals surface area contributed by atoms with Crippen LogP contribution in [0.4, 0.5) is 5.82 Å². The fraction of sp³-hybridized carbons (Fsp3) is 0.368. The second-order valence-corrected chi connectivity index (χ2v) is 6.38. The van der Waals surface area contributed by atoms with Gasteiger partial charge in [-0.2, -0.15) is 0 Å². The summed E-state index contributed by atoms with van der Waals surface area (Å²) < 4.78 is 5.71. The normalized spacial score (nSPS) is 14.5. The third-order valence-electron chi connectivity index (χ3n) is 4.21. The Bertz CT molecular complexity index is 723. The summed E-state index contributed by atoms with van der Waals surface area (Å²) in [7, 11) is 1.81. The van der Waals surface area contributed by atoms with E-state index in [0.29, 0.717) is 18.2 Å². The molecule has 0 radical (unpaired) electrons. The number of rotatable bonds is 5. The fourth-order valence-electron chi connectivity index (χ4n) is 2.91. The number of pyridine rings is 1. The van der Waals surface area contributed by atoms with Gasteiger partial charge in [-0.25, -0.2) is 4.98 Å². The Morgan fingerprint density at radius 3 is 2.67 bits per heavy atom. The van der Waals surface area contributed by atoms with E-state index >= 15 is 0 Å². The van der Waals surface area contributed by atoms with Crippen LogP contribution in [0.3, 0.4) is 0 Å². The monoisotopic (exact) mass is 501 g/mol. The number of nitrogens with zero attached hydrogens (tertiary/aromatic N) is 4. The van der Waals surface area contributed by atoms with E-state index in [-0.39, 0.29) is 24.0 Å². The van der Waals surface area contributed by atoms with Gasteiger partial charge in [0.05, 0.1) is 6.54 Å². The van der Waals surface area contributed by atoms with Crippen LogP contribution in [0.1, 0.15) is 0 Å². The van der Waals surface area contributed by atoms with Gasteiger partial charge < -0.3 is 19.9 Å². The molecule has 146 valence electrons. The van der Waals surface area contributed by atoms with Crippen molar-refractivity contribution in [2.45, 2.75) is 0 Å². The zero-order valence-corrected chi connectivity index (χ0v) is 18.4. The summed E-state index contributed by atoms with van der Waals surface area (Å²) >= 11 is 5.96. The average molecular weight is 502 g/mol. The molecule has 0 amide bonds. The number of nitrogens with one attached hydrogen (secondary N) is 1. The maximum atomic E-state index is 5.96. The molecule has 1 aliphatic heterocycles. The summed E-state index contributed by atoms with van der Waals surface area (Å²) in [6.45, 7) is 4.90. The maximum absolute atomic E-state index is 5.96. The summed E-state index contributed by atoms with van der Waals surface area (Å²) in [5.41, 5.74) is 0. The van der Waals surface area contributed by atoms with E-state index in [1.807, 2.05) is 49.6 Å². The molecule has 0 unspecified atom stereocenters. The van der Waals surface area contributed by atoms with Gasteiger partial charge in [-0.15, -0.1) is 24.0 Å². The lowest BCUT2D eigenvalue weighted by Crippen LogP contribution is -2.53. The van der Waals surface area contributed by atoms with Crippen LogP contribution in [0, 0.1) is 0 Å². The van der Waals surface area contributed by atoms with E-state index in [4.69, 9.17) is 16.3 Å². The Labute approximate surface area is 182 Å². The summed E-state index contributed by atoms with van der Waals surface area (Å²) in [5.74, 6) is 2.71. The molecule has 1 fully saturated rings. The number of anilines is 1. The highest BCUT2D eigenvalue weighted by Crippen LogP contribution is 2.16. The highest BCUT2D eigenvalue weighted by Gasteiger charge is 2.20. The molecule has 0 bridgehead atoms.